The lowest BCUT2D eigenvalue weighted by atomic mass is 9.98. The van der Waals surface area contributed by atoms with Crippen LogP contribution in [0.5, 0.6) is 0 Å². The molecule has 0 aromatic heterocycles. The maximum absolute atomic E-state index is 3.66. The first-order valence-electron chi connectivity index (χ1n) is 5.85. The number of nitrogens with one attached hydrogen (secondary N) is 1. The number of halogens is 1. The smallest absolute Gasteiger partial charge is 0.0441 e. The van der Waals surface area contributed by atoms with Gasteiger partial charge in [-0.2, -0.15) is 11.8 Å². The number of rotatable bonds is 3. The molecule has 1 aliphatic heterocycles. The van der Waals surface area contributed by atoms with Gasteiger partial charge in [-0.15, -0.1) is 0 Å². The summed E-state index contributed by atoms with van der Waals surface area (Å²) in [5.41, 5.74) is 2.97. The number of thioether (sulfide) groups is 1. The predicted molar refractivity (Wildman–Crippen MR) is 75.9 cm³/mol. The maximum Gasteiger partial charge on any atom is 0.0441 e. The highest BCUT2D eigenvalue weighted by molar-refractivity contribution is 9.10. The van der Waals surface area contributed by atoms with E-state index in [1.165, 1.54) is 22.0 Å². The Morgan fingerprint density at radius 1 is 1.50 bits per heavy atom. The average Bonchev–Trinajstić information content (AvgIpc) is 2.28. The molecule has 0 saturated heterocycles. The maximum atomic E-state index is 3.66. The van der Waals surface area contributed by atoms with E-state index in [1.54, 1.807) is 0 Å². The minimum absolute atomic E-state index is 0.506. The average molecular weight is 300 g/mol. The molecule has 1 nitrogen and oxygen atoms in total. The lowest BCUT2D eigenvalue weighted by Gasteiger charge is -2.32. The first-order chi connectivity index (χ1) is 7.72. The molecule has 2 atom stereocenters. The van der Waals surface area contributed by atoms with E-state index < -0.39 is 0 Å². The molecule has 1 aliphatic rings. The second-order valence-corrected chi connectivity index (χ2v) is 6.57. The Kier molecular flexibility index (Phi) is 4.34. The predicted octanol–water partition coefficient (Wildman–Crippen LogP) is 4.13. The van der Waals surface area contributed by atoms with E-state index in [4.69, 9.17) is 0 Å². The number of hydrogen-bond acceptors (Lipinski definition) is 2. The zero-order valence-corrected chi connectivity index (χ0v) is 12.2. The van der Waals surface area contributed by atoms with Crippen molar-refractivity contribution in [3.63, 3.8) is 0 Å². The van der Waals surface area contributed by atoms with Crippen molar-refractivity contribution in [3.8, 4) is 0 Å². The van der Waals surface area contributed by atoms with Crippen LogP contribution in [0.3, 0.4) is 0 Å². The summed E-state index contributed by atoms with van der Waals surface area (Å²) in [5.74, 6) is 1.15. The van der Waals surface area contributed by atoms with Gasteiger partial charge in [-0.3, -0.25) is 0 Å². The molecule has 0 radical (unpaired) electrons. The fourth-order valence-corrected chi connectivity index (χ4v) is 3.65. The van der Waals surface area contributed by atoms with Crippen LogP contribution in [0.4, 0.5) is 0 Å². The van der Waals surface area contributed by atoms with Crippen LogP contribution in [0.1, 0.15) is 37.4 Å². The molecule has 0 saturated carbocycles. The molecule has 0 fully saturated rings. The lowest BCUT2D eigenvalue weighted by Crippen LogP contribution is -2.32. The van der Waals surface area contributed by atoms with Crippen molar-refractivity contribution in [3.05, 3.63) is 33.8 Å². The van der Waals surface area contributed by atoms with Crippen molar-refractivity contribution < 1.29 is 0 Å². The fourth-order valence-electron chi connectivity index (χ4n) is 2.13. The van der Waals surface area contributed by atoms with Crippen molar-refractivity contribution in [2.45, 2.75) is 37.3 Å². The Hall–Kier alpha value is 0.01000. The molecule has 0 amide bonds. The minimum atomic E-state index is 0.506. The normalized spacial score (nSPS) is 24.2. The minimum Gasteiger partial charge on any atom is -0.309 e. The largest absolute Gasteiger partial charge is 0.309 e. The van der Waals surface area contributed by atoms with Crippen molar-refractivity contribution in [1.82, 2.24) is 5.32 Å². The van der Waals surface area contributed by atoms with E-state index in [1.807, 2.05) is 11.8 Å². The molecule has 88 valence electrons. The van der Waals surface area contributed by atoms with E-state index in [0.717, 1.165) is 12.3 Å². The molecule has 3 heteroatoms. The Morgan fingerprint density at radius 2 is 2.31 bits per heavy atom. The number of fused-ring (bicyclic) bond motifs is 1. The van der Waals surface area contributed by atoms with E-state index >= 15 is 0 Å². The van der Waals surface area contributed by atoms with Crippen molar-refractivity contribution in [1.29, 1.82) is 0 Å². The molecule has 16 heavy (non-hydrogen) atoms. The zero-order valence-electron chi connectivity index (χ0n) is 9.79. The van der Waals surface area contributed by atoms with Gasteiger partial charge in [0.1, 0.15) is 0 Å². The highest BCUT2D eigenvalue weighted by Gasteiger charge is 2.26. The van der Waals surface area contributed by atoms with Crippen LogP contribution < -0.4 is 5.32 Å². The highest BCUT2D eigenvalue weighted by Crippen LogP contribution is 2.38. The van der Waals surface area contributed by atoms with Gasteiger partial charge in [-0.05, 0) is 36.2 Å². The third-order valence-electron chi connectivity index (χ3n) is 3.03. The zero-order chi connectivity index (χ0) is 11.5. The van der Waals surface area contributed by atoms with Gasteiger partial charge in [0.2, 0.25) is 0 Å². The van der Waals surface area contributed by atoms with Crippen LogP contribution in [-0.4, -0.2) is 11.8 Å². The van der Waals surface area contributed by atoms with Crippen LogP contribution in [0.25, 0.3) is 0 Å². The van der Waals surface area contributed by atoms with Crippen molar-refractivity contribution >= 4 is 27.7 Å². The van der Waals surface area contributed by atoms with Gasteiger partial charge in [0.05, 0.1) is 0 Å². The van der Waals surface area contributed by atoms with Gasteiger partial charge in [0, 0.05) is 21.5 Å². The summed E-state index contributed by atoms with van der Waals surface area (Å²) in [5, 5.41) is 4.32. The van der Waals surface area contributed by atoms with E-state index in [9.17, 15) is 0 Å². The first kappa shape index (κ1) is 12.5. The number of hydrogen-bond donors (Lipinski definition) is 1. The second-order valence-electron chi connectivity index (χ2n) is 4.29. The van der Waals surface area contributed by atoms with Gasteiger partial charge >= 0.3 is 0 Å². The summed E-state index contributed by atoms with van der Waals surface area (Å²) in [6.45, 7) is 5.64. The van der Waals surface area contributed by atoms with Gasteiger partial charge in [-0.25, -0.2) is 0 Å². The molecule has 0 spiro atoms. The standard InChI is InChI=1S/C13H18BrNS/c1-3-6-15-13-9(2)16-8-10-4-5-11(14)7-12(10)13/h4-5,7,9,13,15H,3,6,8H2,1-2H3. The second kappa shape index (κ2) is 5.56. The van der Waals surface area contributed by atoms with Gasteiger partial charge < -0.3 is 5.32 Å². The number of benzene rings is 1. The summed E-state index contributed by atoms with van der Waals surface area (Å²) >= 11 is 5.62. The topological polar surface area (TPSA) is 12.0 Å². The molecule has 1 heterocycles. The van der Waals surface area contributed by atoms with Crippen LogP contribution in [0.15, 0.2) is 22.7 Å². The van der Waals surface area contributed by atoms with Crippen molar-refractivity contribution in [2.24, 2.45) is 0 Å². The lowest BCUT2D eigenvalue weighted by molar-refractivity contribution is 0.520. The molecule has 2 unspecified atom stereocenters. The van der Waals surface area contributed by atoms with E-state index in [-0.39, 0.29) is 0 Å². The molecule has 2 rings (SSSR count). The summed E-state index contributed by atoms with van der Waals surface area (Å²) in [6, 6.07) is 7.18. The van der Waals surface area contributed by atoms with Crippen molar-refractivity contribution in [2.75, 3.05) is 6.54 Å². The molecule has 1 aromatic rings. The van der Waals surface area contributed by atoms with Crippen LogP contribution in [-0.2, 0) is 5.75 Å². The Bertz CT molecular complexity index is 367. The SMILES string of the molecule is CCCNC1c2cc(Br)ccc2CSC1C. The Balaban J connectivity index is 2.27. The van der Waals surface area contributed by atoms with Gasteiger partial charge in [0.25, 0.3) is 0 Å². The third kappa shape index (κ3) is 2.63. The quantitative estimate of drug-likeness (QED) is 0.901. The summed E-state index contributed by atoms with van der Waals surface area (Å²) in [6.07, 6.45) is 1.19. The highest BCUT2D eigenvalue weighted by atomic mass is 79.9. The molecule has 0 aliphatic carbocycles. The Labute approximate surface area is 111 Å². The van der Waals surface area contributed by atoms with Crippen LogP contribution >= 0.6 is 27.7 Å². The van der Waals surface area contributed by atoms with Crippen LogP contribution in [0.2, 0.25) is 0 Å². The van der Waals surface area contributed by atoms with Gasteiger partial charge in [-0.1, -0.05) is 35.8 Å². The summed E-state index contributed by atoms with van der Waals surface area (Å²) < 4.78 is 1.19. The van der Waals surface area contributed by atoms with E-state index in [2.05, 4.69) is 53.3 Å². The molecular weight excluding hydrogens is 282 g/mol. The molecule has 1 N–H and O–H groups in total. The summed E-state index contributed by atoms with van der Waals surface area (Å²) in [4.78, 5) is 0. The monoisotopic (exact) mass is 299 g/mol. The Morgan fingerprint density at radius 3 is 3.06 bits per heavy atom. The first-order valence-corrected chi connectivity index (χ1v) is 7.70. The molecular formula is C13H18BrNS. The van der Waals surface area contributed by atoms with Crippen LogP contribution in [0, 0.1) is 0 Å². The molecule has 0 bridgehead atoms. The summed E-state index contributed by atoms with van der Waals surface area (Å²) in [7, 11) is 0. The van der Waals surface area contributed by atoms with Gasteiger partial charge in [0.15, 0.2) is 0 Å². The third-order valence-corrected chi connectivity index (χ3v) is 4.80. The van der Waals surface area contributed by atoms with E-state index in [0.29, 0.717) is 11.3 Å². The molecule has 1 aromatic carbocycles. The fraction of sp³-hybridized carbons (Fsp3) is 0.538.